The van der Waals surface area contributed by atoms with Crippen LogP contribution in [0.15, 0.2) is 60.8 Å². The first-order valence-electron chi connectivity index (χ1n) is 8.58. The van der Waals surface area contributed by atoms with Gasteiger partial charge in [0.1, 0.15) is 5.82 Å². The van der Waals surface area contributed by atoms with Gasteiger partial charge in [-0.3, -0.25) is 15.0 Å². The largest absolute Gasteiger partial charge is 0.335 e. The predicted molar refractivity (Wildman–Crippen MR) is 101 cm³/mol. The molecule has 1 amide bonds. The van der Waals surface area contributed by atoms with E-state index >= 15 is 0 Å². The third kappa shape index (κ3) is 3.27. The van der Waals surface area contributed by atoms with Crippen molar-refractivity contribution in [2.75, 3.05) is 7.05 Å². The van der Waals surface area contributed by atoms with Crippen LogP contribution in [0.5, 0.6) is 0 Å². The smallest absolute Gasteiger partial charge is 0.251 e. The quantitative estimate of drug-likeness (QED) is 0.444. The van der Waals surface area contributed by atoms with E-state index in [1.54, 1.807) is 18.3 Å². The Hall–Kier alpha value is -3.25. The highest BCUT2D eigenvalue weighted by Gasteiger charge is 2.14. The lowest BCUT2D eigenvalue weighted by Crippen LogP contribution is -2.24. The monoisotopic (exact) mass is 363 g/mol. The third-order valence-corrected chi connectivity index (χ3v) is 4.66. The summed E-state index contributed by atoms with van der Waals surface area (Å²) < 4.78 is 15.3. The number of amides is 1. The minimum atomic E-state index is -0.420. The van der Waals surface area contributed by atoms with Crippen LogP contribution in [0, 0.1) is 5.82 Å². The van der Waals surface area contributed by atoms with Gasteiger partial charge in [0.05, 0.1) is 23.8 Å². The van der Waals surface area contributed by atoms with Crippen molar-refractivity contribution in [3.05, 3.63) is 77.9 Å². The SMILES string of the molecule is CN(O)C(=O)Cc1cc2c3ccccc3n(Cc3ccc(F)cc3)c2cn1. The molecule has 27 heavy (non-hydrogen) atoms. The fraction of sp³-hybridized carbons (Fsp3) is 0.143. The van der Waals surface area contributed by atoms with Gasteiger partial charge in [-0.15, -0.1) is 0 Å². The van der Waals surface area contributed by atoms with Gasteiger partial charge in [0.15, 0.2) is 0 Å². The summed E-state index contributed by atoms with van der Waals surface area (Å²) in [6.07, 6.45) is 1.78. The van der Waals surface area contributed by atoms with E-state index < -0.39 is 5.91 Å². The van der Waals surface area contributed by atoms with Crippen LogP contribution in [-0.2, 0) is 17.8 Å². The van der Waals surface area contributed by atoms with Crippen LogP contribution in [-0.4, -0.2) is 32.8 Å². The number of nitrogens with zero attached hydrogens (tertiary/aromatic N) is 3. The fourth-order valence-corrected chi connectivity index (χ4v) is 3.30. The van der Waals surface area contributed by atoms with E-state index in [2.05, 4.69) is 9.55 Å². The molecule has 0 aliphatic heterocycles. The van der Waals surface area contributed by atoms with Crippen molar-refractivity contribution in [3.8, 4) is 0 Å². The molecular formula is C21H18FN3O2. The van der Waals surface area contributed by atoms with Gasteiger partial charge < -0.3 is 4.57 Å². The number of hydrogen-bond donors (Lipinski definition) is 1. The Labute approximate surface area is 155 Å². The Balaban J connectivity index is 1.82. The molecule has 4 rings (SSSR count). The zero-order valence-electron chi connectivity index (χ0n) is 14.8. The highest BCUT2D eigenvalue weighted by atomic mass is 19.1. The van der Waals surface area contributed by atoms with Crippen molar-refractivity contribution in [2.45, 2.75) is 13.0 Å². The van der Waals surface area contributed by atoms with Crippen LogP contribution in [0.25, 0.3) is 21.8 Å². The molecule has 136 valence electrons. The summed E-state index contributed by atoms with van der Waals surface area (Å²) >= 11 is 0. The standard InChI is InChI=1S/C21H18FN3O2/c1-24(27)21(26)11-16-10-18-17-4-2-3-5-19(17)25(20(18)12-23-16)13-14-6-8-15(22)9-7-14/h2-10,12,27H,11,13H2,1H3. The molecule has 0 saturated heterocycles. The molecule has 0 spiro atoms. The molecule has 0 atom stereocenters. The van der Waals surface area contributed by atoms with Crippen LogP contribution in [0.2, 0.25) is 0 Å². The first kappa shape index (κ1) is 17.2. The van der Waals surface area contributed by atoms with E-state index in [9.17, 15) is 14.4 Å². The number of para-hydroxylation sites is 1. The topological polar surface area (TPSA) is 58.4 Å². The molecule has 6 heteroatoms. The maximum Gasteiger partial charge on any atom is 0.251 e. The average Bonchev–Trinajstić information content (AvgIpc) is 2.97. The van der Waals surface area contributed by atoms with E-state index in [1.165, 1.54) is 19.2 Å². The number of halogens is 1. The first-order chi connectivity index (χ1) is 13.0. The zero-order chi connectivity index (χ0) is 19.0. The number of carbonyl (C=O) groups excluding carboxylic acids is 1. The average molecular weight is 363 g/mol. The van der Waals surface area contributed by atoms with Crippen LogP contribution < -0.4 is 0 Å². The maximum absolute atomic E-state index is 13.2. The molecule has 5 nitrogen and oxygen atoms in total. The van der Waals surface area contributed by atoms with Gasteiger partial charge in [-0.05, 0) is 29.8 Å². The molecule has 0 unspecified atom stereocenters. The third-order valence-electron chi connectivity index (χ3n) is 4.66. The minimum absolute atomic E-state index is 0.0282. The molecule has 0 bridgehead atoms. The summed E-state index contributed by atoms with van der Waals surface area (Å²) in [5.41, 5.74) is 3.56. The Bertz CT molecular complexity index is 1130. The molecule has 4 aromatic rings. The van der Waals surface area contributed by atoms with E-state index in [0.717, 1.165) is 27.4 Å². The summed E-state index contributed by atoms with van der Waals surface area (Å²) in [6, 6.07) is 16.3. The summed E-state index contributed by atoms with van der Waals surface area (Å²) in [5, 5.41) is 11.9. The lowest BCUT2D eigenvalue weighted by atomic mass is 10.1. The fourth-order valence-electron chi connectivity index (χ4n) is 3.30. The Morgan fingerprint density at radius 2 is 1.85 bits per heavy atom. The van der Waals surface area contributed by atoms with Crippen molar-refractivity contribution in [1.29, 1.82) is 0 Å². The van der Waals surface area contributed by atoms with Gasteiger partial charge in [-0.2, -0.15) is 0 Å². The number of hydroxylamine groups is 2. The molecule has 1 N–H and O–H groups in total. The number of carbonyl (C=O) groups is 1. The number of aromatic nitrogens is 2. The van der Waals surface area contributed by atoms with Crippen LogP contribution in [0.3, 0.4) is 0 Å². The van der Waals surface area contributed by atoms with Gasteiger partial charge in [-0.1, -0.05) is 30.3 Å². The molecule has 2 aromatic carbocycles. The number of fused-ring (bicyclic) bond motifs is 3. The normalized spacial score (nSPS) is 11.2. The number of hydrogen-bond acceptors (Lipinski definition) is 3. The highest BCUT2D eigenvalue weighted by Crippen LogP contribution is 2.30. The summed E-state index contributed by atoms with van der Waals surface area (Å²) in [4.78, 5) is 16.2. The van der Waals surface area contributed by atoms with E-state index in [4.69, 9.17) is 0 Å². The Morgan fingerprint density at radius 3 is 2.59 bits per heavy atom. The number of likely N-dealkylation sites (N-methyl/N-ethyl adjacent to an activating group) is 1. The second kappa shape index (κ2) is 6.81. The van der Waals surface area contributed by atoms with Gasteiger partial charge in [-0.25, -0.2) is 9.45 Å². The van der Waals surface area contributed by atoms with Crippen molar-refractivity contribution < 1.29 is 14.4 Å². The lowest BCUT2D eigenvalue weighted by Gasteiger charge is -2.09. The second-order valence-corrected chi connectivity index (χ2v) is 6.52. The first-order valence-corrected chi connectivity index (χ1v) is 8.58. The van der Waals surface area contributed by atoms with Crippen LogP contribution in [0.1, 0.15) is 11.3 Å². The maximum atomic E-state index is 13.2. The number of benzene rings is 2. The van der Waals surface area contributed by atoms with Crippen molar-refractivity contribution in [2.24, 2.45) is 0 Å². The van der Waals surface area contributed by atoms with Crippen molar-refractivity contribution >= 4 is 27.7 Å². The van der Waals surface area contributed by atoms with Crippen molar-refractivity contribution in [1.82, 2.24) is 14.6 Å². The van der Waals surface area contributed by atoms with Gasteiger partial charge in [0.2, 0.25) is 0 Å². The van der Waals surface area contributed by atoms with Gasteiger partial charge >= 0.3 is 0 Å². The van der Waals surface area contributed by atoms with Gasteiger partial charge in [0, 0.05) is 29.9 Å². The second-order valence-electron chi connectivity index (χ2n) is 6.52. The molecule has 2 heterocycles. The van der Waals surface area contributed by atoms with E-state index in [1.807, 2.05) is 30.3 Å². The molecule has 0 aliphatic rings. The molecule has 0 saturated carbocycles. The van der Waals surface area contributed by atoms with E-state index in [0.29, 0.717) is 17.3 Å². The van der Waals surface area contributed by atoms with E-state index in [-0.39, 0.29) is 12.2 Å². The minimum Gasteiger partial charge on any atom is -0.335 e. The van der Waals surface area contributed by atoms with Gasteiger partial charge in [0.25, 0.3) is 5.91 Å². The predicted octanol–water partition coefficient (Wildman–Crippen LogP) is 3.77. The summed E-state index contributed by atoms with van der Waals surface area (Å²) in [7, 11) is 1.30. The summed E-state index contributed by atoms with van der Waals surface area (Å²) in [5.74, 6) is -0.678. The lowest BCUT2D eigenvalue weighted by molar-refractivity contribution is -0.158. The van der Waals surface area contributed by atoms with Crippen LogP contribution >= 0.6 is 0 Å². The highest BCUT2D eigenvalue weighted by molar-refractivity contribution is 6.08. The Morgan fingerprint density at radius 1 is 1.11 bits per heavy atom. The molecule has 0 radical (unpaired) electrons. The van der Waals surface area contributed by atoms with Crippen LogP contribution in [0.4, 0.5) is 4.39 Å². The Kier molecular flexibility index (Phi) is 4.33. The molecular weight excluding hydrogens is 345 g/mol. The van der Waals surface area contributed by atoms with Crippen molar-refractivity contribution in [3.63, 3.8) is 0 Å². The zero-order valence-corrected chi connectivity index (χ0v) is 14.8. The molecule has 0 fully saturated rings. The molecule has 2 aromatic heterocycles. The number of pyridine rings is 1. The number of rotatable bonds is 4. The molecule has 0 aliphatic carbocycles. The summed E-state index contributed by atoms with van der Waals surface area (Å²) in [6.45, 7) is 0.587.